The van der Waals surface area contributed by atoms with E-state index >= 15 is 0 Å². The molecular weight excluding hydrogens is 721 g/mol. The average Bonchev–Trinajstić information content (AvgIpc) is 3.26. The Morgan fingerprint density at radius 2 is 0.133 bits per heavy atom. The quantitative estimate of drug-likeness (QED) is 0.329. The van der Waals surface area contributed by atoms with Crippen molar-refractivity contribution in [3.63, 3.8) is 0 Å². The molecule has 0 aromatic carbocycles. The summed E-state index contributed by atoms with van der Waals surface area (Å²) in [6, 6.07) is 0. The predicted molar refractivity (Wildman–Crippen MR) is 237 cm³/mol. The van der Waals surface area contributed by atoms with Crippen LogP contribution in [0, 0.1) is 343 Å². The molecule has 0 heterocycles. The van der Waals surface area contributed by atoms with Crippen molar-refractivity contribution < 1.29 is 0 Å². The number of hydrogen-bond acceptors (Lipinski definition) is 0. The molecule has 0 aromatic heterocycles. The third-order valence-corrected chi connectivity index (χ3v) is 3.69. The van der Waals surface area contributed by atoms with Crippen LogP contribution in [0.5, 0.6) is 0 Å². The zero-order valence-electron chi connectivity index (χ0n) is 31.0. The maximum atomic E-state index is 2.63. The molecule has 0 atom stereocenters. The Bertz CT molecular complexity index is 3520. The smallest absolute Gasteiger partial charge is 0 e. The third kappa shape index (κ3) is 45.2. The third-order valence-electron chi connectivity index (χ3n) is 3.69. The molecule has 0 N–H and O–H groups in total. The van der Waals surface area contributed by atoms with Gasteiger partial charge >= 0.3 is 0 Å². The van der Waals surface area contributed by atoms with Gasteiger partial charge < -0.3 is 0 Å². The lowest BCUT2D eigenvalue weighted by Gasteiger charge is -1.57. The number of hydrogen-bond donors (Lipinski definition) is 0. The fraction of sp³-hybridized carbons (Fsp3) is 0.0333. The van der Waals surface area contributed by atoms with E-state index in [2.05, 4.69) is 343 Å². The normalized spacial score (nSPS) is 3.97. The first kappa shape index (κ1) is 47.2. The minimum absolute atomic E-state index is 1.69. The van der Waals surface area contributed by atoms with Crippen LogP contribution in [0.1, 0.15) is 13.8 Å². The Kier molecular flexibility index (Phi) is 36.4. The van der Waals surface area contributed by atoms with E-state index in [1.54, 1.807) is 13.8 Å². The molecule has 0 aliphatic carbocycles. The van der Waals surface area contributed by atoms with E-state index in [1.165, 1.54) is 0 Å². The van der Waals surface area contributed by atoms with Crippen LogP contribution in [0.15, 0.2) is 0 Å². The van der Waals surface area contributed by atoms with Crippen LogP contribution in [-0.2, 0) is 0 Å². The molecule has 0 aromatic rings. The lowest BCUT2D eigenvalue weighted by Crippen LogP contribution is -1.57. The van der Waals surface area contributed by atoms with Gasteiger partial charge in [-0.05, 0) is 109 Å². The summed E-state index contributed by atoms with van der Waals surface area (Å²) in [4.78, 5) is 0. The molecule has 60 heavy (non-hydrogen) atoms. The molecule has 0 radical (unpaired) electrons. The average molecular weight is 727 g/mol. The molecule has 0 unspecified atom stereocenters. The summed E-state index contributed by atoms with van der Waals surface area (Å²) in [5.41, 5.74) is 0. The molecule has 0 nitrogen and oxygen atoms in total. The van der Waals surface area contributed by atoms with E-state index in [0.29, 0.717) is 0 Å². The van der Waals surface area contributed by atoms with Gasteiger partial charge in [-0.25, -0.2) is 0 Å². The van der Waals surface area contributed by atoms with E-state index < -0.39 is 0 Å². The molecule has 0 aliphatic heterocycles. The number of rotatable bonds is 0. The summed E-state index contributed by atoms with van der Waals surface area (Å²) in [5.74, 6) is 146. The van der Waals surface area contributed by atoms with Crippen molar-refractivity contribution in [3.8, 4) is 343 Å². The summed E-state index contributed by atoms with van der Waals surface area (Å²) >= 11 is 0. The van der Waals surface area contributed by atoms with Crippen LogP contribution >= 0.6 is 0 Å². The van der Waals surface area contributed by atoms with Crippen molar-refractivity contribution in [1.29, 1.82) is 0 Å². The summed E-state index contributed by atoms with van der Waals surface area (Å²) in [6.45, 7) is 3.37. The van der Waals surface area contributed by atoms with Crippen molar-refractivity contribution in [1.82, 2.24) is 0 Å². The molecule has 0 saturated heterocycles. The Hall–Kier alpha value is -12.8. The first-order valence-electron chi connectivity index (χ1n) is 15.2. The van der Waals surface area contributed by atoms with Crippen molar-refractivity contribution >= 4 is 0 Å². The van der Waals surface area contributed by atoms with Crippen LogP contribution in [0.25, 0.3) is 0 Å². The highest BCUT2D eigenvalue weighted by atomic mass is 13.6. The zero-order chi connectivity index (χ0) is 43.0. The highest BCUT2D eigenvalue weighted by molar-refractivity contribution is 5.51. The summed E-state index contributed by atoms with van der Waals surface area (Å²) in [7, 11) is 0. The molecule has 0 rings (SSSR count). The van der Waals surface area contributed by atoms with Crippen LogP contribution in [0.3, 0.4) is 0 Å². The second-order valence-corrected chi connectivity index (χ2v) is 7.50. The van der Waals surface area contributed by atoms with Crippen LogP contribution in [0.2, 0.25) is 0 Å². The van der Waals surface area contributed by atoms with Gasteiger partial charge in [-0.3, -0.25) is 0 Å². The molecule has 0 heteroatoms. The summed E-state index contributed by atoms with van der Waals surface area (Å²) in [6.07, 6.45) is 0. The second kappa shape index (κ2) is 46.2. The van der Waals surface area contributed by atoms with Gasteiger partial charge in [-0.2, -0.15) is 0 Å². The lowest BCUT2D eigenvalue weighted by molar-refractivity contribution is 1.92. The maximum absolute atomic E-state index is 2.63. The van der Waals surface area contributed by atoms with Crippen LogP contribution in [-0.4, -0.2) is 0 Å². The zero-order valence-corrected chi connectivity index (χ0v) is 31.0. The molecule has 0 saturated carbocycles. The SMILES string of the molecule is CC#CC#CC#CC#CC#CC#CC#CC#CC#CC#CC#CC#CC#CC#CC#CC#CC#CC#CC#CC#CC#CC#CC#CC#CC#CC#CC#CC#CC#CC. The van der Waals surface area contributed by atoms with Crippen molar-refractivity contribution in [2.75, 3.05) is 0 Å². The van der Waals surface area contributed by atoms with E-state index in [1.807, 2.05) is 0 Å². The fourth-order valence-corrected chi connectivity index (χ4v) is 1.81. The first-order valence-corrected chi connectivity index (χ1v) is 15.2. The van der Waals surface area contributed by atoms with Gasteiger partial charge in [0.05, 0.1) is 0 Å². The molecule has 0 aliphatic rings. The van der Waals surface area contributed by atoms with Gasteiger partial charge in [-0.15, -0.1) is 0 Å². The largest absolute Gasteiger partial charge is 0.0925 e. The van der Waals surface area contributed by atoms with E-state index in [9.17, 15) is 0 Å². The maximum Gasteiger partial charge on any atom is 0 e. The van der Waals surface area contributed by atoms with Crippen LogP contribution in [0.4, 0.5) is 0 Å². The topological polar surface area (TPSA) is 0 Å². The van der Waals surface area contributed by atoms with E-state index in [4.69, 9.17) is 0 Å². The molecule has 0 spiro atoms. The Morgan fingerprint density at radius 3 is 0.183 bits per heavy atom. The highest BCUT2D eigenvalue weighted by Gasteiger charge is 1.63. The van der Waals surface area contributed by atoms with Crippen molar-refractivity contribution in [2.45, 2.75) is 13.8 Å². The van der Waals surface area contributed by atoms with Gasteiger partial charge in [0, 0.05) is 237 Å². The molecule has 0 bridgehead atoms. The second-order valence-electron chi connectivity index (χ2n) is 7.50. The first-order chi connectivity index (χ1) is 29.9. The predicted octanol–water partition coefficient (Wildman–Crippen LogP) is 1.12. The molecule has 0 amide bonds. The summed E-state index contributed by atoms with van der Waals surface area (Å²) < 4.78 is 0. The lowest BCUT2D eigenvalue weighted by atomic mass is 10.4. The molecule has 246 valence electrons. The Labute approximate surface area is 355 Å². The molecular formula is C60H6. The van der Waals surface area contributed by atoms with Crippen molar-refractivity contribution in [3.05, 3.63) is 0 Å². The Morgan fingerprint density at radius 1 is 0.0833 bits per heavy atom. The fourth-order valence-electron chi connectivity index (χ4n) is 1.81. The standard InChI is InChI=1S/C60H6/c1-3-5-7-9-11-13-15-17-19-21-23-25-27-29-31-33-35-37-39-41-43-45-47-49-51-53-55-57-59-60-58-56-54-52-50-48-46-44-42-40-38-36-34-32-30-28-26-24-22-20-18-16-14-12-10-8-6-4-2/h1-2H3. The van der Waals surface area contributed by atoms with Gasteiger partial charge in [0.2, 0.25) is 0 Å². The molecule has 0 fully saturated rings. The van der Waals surface area contributed by atoms with Gasteiger partial charge in [-0.1, -0.05) is 11.8 Å². The Balaban J connectivity index is 4.58. The van der Waals surface area contributed by atoms with Crippen LogP contribution < -0.4 is 0 Å². The van der Waals surface area contributed by atoms with Crippen molar-refractivity contribution in [2.24, 2.45) is 0 Å². The monoisotopic (exact) mass is 726 g/mol. The minimum atomic E-state index is 1.69. The van der Waals surface area contributed by atoms with Gasteiger partial charge in [0.15, 0.2) is 0 Å². The van der Waals surface area contributed by atoms with E-state index in [0.717, 1.165) is 0 Å². The van der Waals surface area contributed by atoms with Gasteiger partial charge in [0.1, 0.15) is 0 Å². The van der Waals surface area contributed by atoms with Gasteiger partial charge in [0.25, 0.3) is 0 Å². The van der Waals surface area contributed by atoms with E-state index in [-0.39, 0.29) is 0 Å². The summed E-state index contributed by atoms with van der Waals surface area (Å²) in [5, 5.41) is 0. The minimum Gasteiger partial charge on any atom is -0.0925 e. The highest BCUT2D eigenvalue weighted by Crippen LogP contribution is 1.63.